The third kappa shape index (κ3) is 4.03. The molecule has 0 bridgehead atoms. The Morgan fingerprint density at radius 1 is 1.29 bits per heavy atom. The molecule has 21 heavy (non-hydrogen) atoms. The van der Waals surface area contributed by atoms with E-state index in [0.717, 1.165) is 5.56 Å². The number of cyclic esters (lactones) is 1. The number of ether oxygens (including phenoxy) is 3. The highest BCUT2D eigenvalue weighted by Gasteiger charge is 2.40. The minimum atomic E-state index is -1.20. The molecular formula is C14H15NO6. The minimum absolute atomic E-state index is 0.0804. The van der Waals surface area contributed by atoms with Crippen LogP contribution < -0.4 is 5.32 Å². The summed E-state index contributed by atoms with van der Waals surface area (Å²) in [6, 6.07) is 8.21. The molecule has 2 rings (SSSR count). The van der Waals surface area contributed by atoms with Crippen LogP contribution in [0.4, 0.5) is 0 Å². The summed E-state index contributed by atoms with van der Waals surface area (Å²) in [6.07, 6.45) is -1.39. The van der Waals surface area contributed by atoms with Crippen molar-refractivity contribution < 1.29 is 28.6 Å². The van der Waals surface area contributed by atoms with Crippen molar-refractivity contribution in [3.05, 3.63) is 35.9 Å². The van der Waals surface area contributed by atoms with Crippen LogP contribution in [0, 0.1) is 0 Å². The van der Waals surface area contributed by atoms with Crippen molar-refractivity contribution in [1.82, 2.24) is 5.32 Å². The SMILES string of the molecule is COC(=O)CC1NC(C(=O)OCc2ccccc2)OC1=O. The van der Waals surface area contributed by atoms with Gasteiger partial charge in [-0.1, -0.05) is 30.3 Å². The molecular weight excluding hydrogens is 278 g/mol. The lowest BCUT2D eigenvalue weighted by Gasteiger charge is -2.10. The van der Waals surface area contributed by atoms with Gasteiger partial charge in [-0.3, -0.25) is 14.9 Å². The number of hydrogen-bond donors (Lipinski definition) is 1. The second-order valence-corrected chi connectivity index (χ2v) is 4.41. The summed E-state index contributed by atoms with van der Waals surface area (Å²) in [5.74, 6) is -1.95. The van der Waals surface area contributed by atoms with E-state index in [1.807, 2.05) is 18.2 Å². The average Bonchev–Trinajstić information content (AvgIpc) is 2.87. The molecule has 0 aromatic heterocycles. The van der Waals surface area contributed by atoms with Crippen molar-refractivity contribution >= 4 is 17.9 Å². The second kappa shape index (κ2) is 6.85. The predicted octanol–water partition coefficient (Wildman–Crippen LogP) is 0.134. The fourth-order valence-electron chi connectivity index (χ4n) is 1.80. The van der Waals surface area contributed by atoms with Crippen molar-refractivity contribution in [2.75, 3.05) is 7.11 Å². The zero-order chi connectivity index (χ0) is 15.2. The quantitative estimate of drug-likeness (QED) is 0.609. The van der Waals surface area contributed by atoms with Crippen LogP contribution in [0.1, 0.15) is 12.0 Å². The molecule has 2 atom stereocenters. The summed E-state index contributed by atoms with van der Waals surface area (Å²) in [5, 5.41) is 2.59. The van der Waals surface area contributed by atoms with Crippen molar-refractivity contribution in [3.63, 3.8) is 0 Å². The Balaban J connectivity index is 1.84. The monoisotopic (exact) mass is 293 g/mol. The summed E-state index contributed by atoms with van der Waals surface area (Å²) in [5.41, 5.74) is 0.821. The molecule has 1 saturated heterocycles. The van der Waals surface area contributed by atoms with Gasteiger partial charge in [0.25, 0.3) is 6.23 Å². The highest BCUT2D eigenvalue weighted by molar-refractivity contribution is 5.88. The van der Waals surface area contributed by atoms with E-state index in [-0.39, 0.29) is 13.0 Å². The number of nitrogens with one attached hydrogen (secondary N) is 1. The smallest absolute Gasteiger partial charge is 0.363 e. The molecule has 1 aromatic rings. The fraction of sp³-hybridized carbons (Fsp3) is 0.357. The maximum absolute atomic E-state index is 11.8. The number of carbonyl (C=O) groups is 3. The van der Waals surface area contributed by atoms with Crippen LogP contribution >= 0.6 is 0 Å². The third-order valence-corrected chi connectivity index (χ3v) is 2.91. The zero-order valence-corrected chi connectivity index (χ0v) is 11.4. The van der Waals surface area contributed by atoms with Crippen molar-refractivity contribution in [1.29, 1.82) is 0 Å². The topological polar surface area (TPSA) is 90.9 Å². The van der Waals surface area contributed by atoms with Crippen LogP contribution in [0.15, 0.2) is 30.3 Å². The van der Waals surface area contributed by atoms with Gasteiger partial charge >= 0.3 is 17.9 Å². The van der Waals surface area contributed by atoms with E-state index >= 15 is 0 Å². The number of methoxy groups -OCH3 is 1. The molecule has 1 N–H and O–H groups in total. The lowest BCUT2D eigenvalue weighted by molar-refractivity contribution is -0.163. The predicted molar refractivity (Wildman–Crippen MR) is 69.7 cm³/mol. The molecule has 7 heteroatoms. The molecule has 0 spiro atoms. The van der Waals surface area contributed by atoms with Crippen molar-refractivity contribution in [2.24, 2.45) is 0 Å². The molecule has 0 saturated carbocycles. The molecule has 2 unspecified atom stereocenters. The normalized spacial score (nSPS) is 20.7. The molecule has 1 fully saturated rings. The number of esters is 3. The Kier molecular flexibility index (Phi) is 4.89. The van der Waals surface area contributed by atoms with E-state index in [0.29, 0.717) is 0 Å². The standard InChI is InChI=1S/C14H15NO6/c1-19-11(16)7-10-13(17)21-12(15-10)14(18)20-8-9-5-3-2-4-6-9/h2-6,10,12,15H,7-8H2,1H3. The van der Waals surface area contributed by atoms with Gasteiger partial charge in [-0.05, 0) is 5.56 Å². The van der Waals surface area contributed by atoms with Crippen LogP contribution in [-0.4, -0.2) is 37.3 Å². The van der Waals surface area contributed by atoms with Crippen LogP contribution in [0.5, 0.6) is 0 Å². The number of rotatable bonds is 5. The van der Waals surface area contributed by atoms with E-state index in [1.165, 1.54) is 7.11 Å². The zero-order valence-electron chi connectivity index (χ0n) is 11.4. The van der Waals surface area contributed by atoms with E-state index in [4.69, 9.17) is 9.47 Å². The summed E-state index contributed by atoms with van der Waals surface area (Å²) >= 11 is 0. The Labute approximate surface area is 121 Å². The molecule has 0 radical (unpaired) electrons. The Hall–Kier alpha value is -2.41. The molecule has 0 aliphatic carbocycles. The van der Waals surface area contributed by atoms with Gasteiger partial charge in [0, 0.05) is 0 Å². The van der Waals surface area contributed by atoms with Crippen LogP contribution in [0.25, 0.3) is 0 Å². The lowest BCUT2D eigenvalue weighted by Crippen LogP contribution is -2.39. The molecule has 1 aliphatic rings. The summed E-state index contributed by atoms with van der Waals surface area (Å²) in [7, 11) is 1.22. The van der Waals surface area contributed by atoms with E-state index < -0.39 is 30.2 Å². The molecule has 112 valence electrons. The van der Waals surface area contributed by atoms with E-state index in [1.54, 1.807) is 12.1 Å². The number of benzene rings is 1. The first-order valence-electron chi connectivity index (χ1n) is 6.34. The first-order chi connectivity index (χ1) is 10.1. The van der Waals surface area contributed by atoms with Crippen LogP contribution in [-0.2, 0) is 35.2 Å². The van der Waals surface area contributed by atoms with Gasteiger partial charge in [-0.25, -0.2) is 4.79 Å². The molecule has 1 heterocycles. The Morgan fingerprint density at radius 3 is 2.67 bits per heavy atom. The largest absolute Gasteiger partial charge is 0.469 e. The van der Waals surface area contributed by atoms with Gasteiger partial charge < -0.3 is 14.2 Å². The molecule has 1 aromatic carbocycles. The summed E-state index contributed by atoms with van der Waals surface area (Å²) in [6.45, 7) is 0.0804. The van der Waals surface area contributed by atoms with Gasteiger partial charge in [0.15, 0.2) is 0 Å². The number of hydrogen-bond acceptors (Lipinski definition) is 7. The Bertz CT molecular complexity index is 530. The van der Waals surface area contributed by atoms with Crippen LogP contribution in [0.3, 0.4) is 0 Å². The molecule has 0 amide bonds. The average molecular weight is 293 g/mol. The molecule has 7 nitrogen and oxygen atoms in total. The molecule has 1 aliphatic heterocycles. The summed E-state index contributed by atoms with van der Waals surface area (Å²) < 4.78 is 14.3. The lowest BCUT2D eigenvalue weighted by atomic mass is 10.2. The van der Waals surface area contributed by atoms with Gasteiger partial charge in [0.1, 0.15) is 12.6 Å². The summed E-state index contributed by atoms with van der Waals surface area (Å²) in [4.78, 5) is 34.4. The highest BCUT2D eigenvalue weighted by atomic mass is 16.6. The highest BCUT2D eigenvalue weighted by Crippen LogP contribution is 2.11. The maximum atomic E-state index is 11.8. The Morgan fingerprint density at radius 2 is 2.00 bits per heavy atom. The second-order valence-electron chi connectivity index (χ2n) is 4.41. The van der Waals surface area contributed by atoms with Crippen LogP contribution in [0.2, 0.25) is 0 Å². The van der Waals surface area contributed by atoms with Crippen molar-refractivity contribution in [3.8, 4) is 0 Å². The number of carbonyl (C=O) groups excluding carboxylic acids is 3. The van der Waals surface area contributed by atoms with Gasteiger partial charge in [0.2, 0.25) is 0 Å². The van der Waals surface area contributed by atoms with E-state index in [2.05, 4.69) is 10.1 Å². The van der Waals surface area contributed by atoms with Gasteiger partial charge in [-0.2, -0.15) is 0 Å². The van der Waals surface area contributed by atoms with E-state index in [9.17, 15) is 14.4 Å². The first kappa shape index (κ1) is 15.0. The van der Waals surface area contributed by atoms with Crippen molar-refractivity contribution in [2.45, 2.75) is 25.3 Å². The third-order valence-electron chi connectivity index (χ3n) is 2.91. The maximum Gasteiger partial charge on any atom is 0.363 e. The minimum Gasteiger partial charge on any atom is -0.469 e. The first-order valence-corrected chi connectivity index (χ1v) is 6.34. The van der Waals surface area contributed by atoms with Gasteiger partial charge in [0.05, 0.1) is 13.5 Å². The van der Waals surface area contributed by atoms with Gasteiger partial charge in [-0.15, -0.1) is 0 Å². The fourth-order valence-corrected chi connectivity index (χ4v) is 1.80.